The highest BCUT2D eigenvalue weighted by atomic mass is 79.9. The summed E-state index contributed by atoms with van der Waals surface area (Å²) in [4.78, 5) is 0.740. The van der Waals surface area contributed by atoms with Gasteiger partial charge in [0.2, 0.25) is 4.96 Å². The summed E-state index contributed by atoms with van der Waals surface area (Å²) in [6.07, 6.45) is 0. The van der Waals surface area contributed by atoms with Gasteiger partial charge in [-0.15, -0.1) is 10.2 Å². The van der Waals surface area contributed by atoms with Crippen molar-refractivity contribution >= 4 is 43.8 Å². The maximum Gasteiger partial charge on any atom is 0.235 e. The van der Waals surface area contributed by atoms with Gasteiger partial charge in [-0.05, 0) is 42.8 Å². The number of hydrogen-bond acceptors (Lipinski definition) is 5. The van der Waals surface area contributed by atoms with Crippen molar-refractivity contribution in [2.75, 3.05) is 0 Å². The Labute approximate surface area is 161 Å². The Hall–Kier alpha value is -1.96. The second kappa shape index (κ2) is 6.74. The highest BCUT2D eigenvalue weighted by molar-refractivity contribution is 9.10. The van der Waals surface area contributed by atoms with Crippen LogP contribution in [0.25, 0.3) is 16.3 Å². The zero-order valence-electron chi connectivity index (χ0n) is 13.1. The molecule has 0 aliphatic carbocycles. The molecule has 2 aromatic heterocycles. The summed E-state index contributed by atoms with van der Waals surface area (Å²) in [6, 6.07) is 13.5. The fraction of sp³-hybridized carbons (Fsp3) is 0.118. The van der Waals surface area contributed by atoms with E-state index in [0.717, 1.165) is 31.3 Å². The average Bonchev–Trinajstić information content (AvgIpc) is 3.15. The van der Waals surface area contributed by atoms with Crippen molar-refractivity contribution in [2.45, 2.75) is 13.5 Å². The molecule has 0 radical (unpaired) electrons. The Morgan fingerprint density at radius 3 is 2.72 bits per heavy atom. The van der Waals surface area contributed by atoms with Gasteiger partial charge in [0.25, 0.3) is 0 Å². The Kier molecular flexibility index (Phi) is 4.45. The molecule has 4 rings (SSSR count). The lowest BCUT2D eigenvalue weighted by molar-refractivity contribution is 0.302. The van der Waals surface area contributed by atoms with Gasteiger partial charge in [-0.25, -0.2) is 0 Å². The van der Waals surface area contributed by atoms with E-state index in [1.807, 2.05) is 49.4 Å². The molecule has 0 N–H and O–H groups in total. The fourth-order valence-electron chi connectivity index (χ4n) is 2.41. The maximum absolute atomic E-state index is 5.97. The molecule has 0 saturated carbocycles. The third kappa shape index (κ3) is 3.40. The number of aromatic nitrogens is 4. The van der Waals surface area contributed by atoms with Crippen LogP contribution in [0.1, 0.15) is 10.6 Å². The second-order valence-electron chi connectivity index (χ2n) is 5.42. The largest absolute Gasteiger partial charge is 0.486 e. The zero-order chi connectivity index (χ0) is 17.4. The van der Waals surface area contributed by atoms with Gasteiger partial charge in [-0.3, -0.25) is 0 Å². The minimum Gasteiger partial charge on any atom is -0.486 e. The quantitative estimate of drug-likeness (QED) is 0.444. The number of ether oxygens (including phenoxy) is 1. The monoisotopic (exact) mass is 434 g/mol. The summed E-state index contributed by atoms with van der Waals surface area (Å²) < 4.78 is 8.63. The van der Waals surface area contributed by atoms with Crippen molar-refractivity contribution in [1.29, 1.82) is 0 Å². The van der Waals surface area contributed by atoms with E-state index >= 15 is 0 Å². The van der Waals surface area contributed by atoms with Crippen molar-refractivity contribution in [2.24, 2.45) is 0 Å². The van der Waals surface area contributed by atoms with Gasteiger partial charge < -0.3 is 4.74 Å². The minimum atomic E-state index is 0.371. The average molecular weight is 436 g/mol. The molecule has 0 fully saturated rings. The van der Waals surface area contributed by atoms with Crippen LogP contribution in [0.4, 0.5) is 0 Å². The van der Waals surface area contributed by atoms with Crippen molar-refractivity contribution in [3.05, 3.63) is 62.5 Å². The summed E-state index contributed by atoms with van der Waals surface area (Å²) in [5.74, 6) is 1.51. The topological polar surface area (TPSA) is 52.3 Å². The number of fused-ring (bicyclic) bond motifs is 1. The third-order valence-electron chi connectivity index (χ3n) is 3.62. The fourth-order valence-corrected chi connectivity index (χ4v) is 3.65. The molecule has 2 heterocycles. The number of hydrogen-bond donors (Lipinski definition) is 0. The van der Waals surface area contributed by atoms with Crippen molar-refractivity contribution < 1.29 is 4.74 Å². The summed E-state index contributed by atoms with van der Waals surface area (Å²) in [7, 11) is 0. The van der Waals surface area contributed by atoms with Crippen LogP contribution in [-0.2, 0) is 6.61 Å². The molecule has 0 unspecified atom stereocenters. The van der Waals surface area contributed by atoms with Crippen molar-refractivity contribution in [3.63, 3.8) is 0 Å². The second-order valence-corrected chi connectivity index (χ2v) is 7.81. The van der Waals surface area contributed by atoms with Gasteiger partial charge in [0.15, 0.2) is 10.8 Å². The first-order valence-corrected chi connectivity index (χ1v) is 9.45. The highest BCUT2D eigenvalue weighted by Gasteiger charge is 2.14. The number of nitrogens with zero attached hydrogens (tertiary/aromatic N) is 4. The van der Waals surface area contributed by atoms with Crippen LogP contribution in [0.5, 0.6) is 5.75 Å². The SMILES string of the molecule is Cc1cc(Cl)ccc1OCc1nn2c(-c3ccc(Br)cc3)nnc2s1. The van der Waals surface area contributed by atoms with Crippen LogP contribution in [0.3, 0.4) is 0 Å². The van der Waals surface area contributed by atoms with Crippen LogP contribution in [0.15, 0.2) is 46.9 Å². The predicted molar refractivity (Wildman–Crippen MR) is 102 cm³/mol. The lowest BCUT2D eigenvalue weighted by Gasteiger charge is -2.07. The summed E-state index contributed by atoms with van der Waals surface area (Å²) in [6.45, 7) is 2.34. The third-order valence-corrected chi connectivity index (χ3v) is 5.26. The van der Waals surface area contributed by atoms with Gasteiger partial charge in [-0.1, -0.05) is 51.0 Å². The van der Waals surface area contributed by atoms with E-state index in [4.69, 9.17) is 16.3 Å². The first kappa shape index (κ1) is 16.5. The Bertz CT molecular complexity index is 1040. The molecule has 0 aliphatic heterocycles. The predicted octanol–water partition coefficient (Wildman–Crippen LogP) is 5.16. The molecule has 0 bridgehead atoms. The van der Waals surface area contributed by atoms with E-state index in [0.29, 0.717) is 17.5 Å². The summed E-state index contributed by atoms with van der Waals surface area (Å²) >= 11 is 10.9. The van der Waals surface area contributed by atoms with E-state index in [1.54, 1.807) is 4.52 Å². The summed E-state index contributed by atoms with van der Waals surface area (Å²) in [5, 5.41) is 14.5. The van der Waals surface area contributed by atoms with E-state index in [-0.39, 0.29) is 0 Å². The van der Waals surface area contributed by atoms with Gasteiger partial charge in [0.05, 0.1) is 0 Å². The van der Waals surface area contributed by atoms with Crippen LogP contribution >= 0.6 is 38.9 Å². The molecule has 25 heavy (non-hydrogen) atoms. The molecular formula is C17H12BrClN4OS. The molecular weight excluding hydrogens is 424 g/mol. The van der Waals surface area contributed by atoms with E-state index < -0.39 is 0 Å². The number of aryl methyl sites for hydroxylation is 1. The standard InChI is InChI=1S/C17H12BrClN4OS/c1-10-8-13(19)6-7-14(10)24-9-15-22-23-16(20-21-17(23)25-15)11-2-4-12(18)5-3-11/h2-8H,9H2,1H3. The highest BCUT2D eigenvalue weighted by Crippen LogP contribution is 2.25. The Morgan fingerprint density at radius 2 is 1.96 bits per heavy atom. The molecule has 0 aliphatic rings. The summed E-state index contributed by atoms with van der Waals surface area (Å²) in [5.41, 5.74) is 1.95. The van der Waals surface area contributed by atoms with Gasteiger partial charge >= 0.3 is 0 Å². The number of benzene rings is 2. The molecule has 8 heteroatoms. The Balaban J connectivity index is 1.58. The minimum absolute atomic E-state index is 0.371. The first-order chi connectivity index (χ1) is 12.1. The molecule has 0 atom stereocenters. The molecule has 0 saturated heterocycles. The van der Waals surface area contributed by atoms with E-state index in [1.165, 1.54) is 11.3 Å². The lowest BCUT2D eigenvalue weighted by Crippen LogP contribution is -1.98. The van der Waals surface area contributed by atoms with E-state index in [9.17, 15) is 0 Å². The smallest absolute Gasteiger partial charge is 0.235 e. The van der Waals surface area contributed by atoms with E-state index in [2.05, 4.69) is 31.2 Å². The van der Waals surface area contributed by atoms with Gasteiger partial charge in [0.1, 0.15) is 12.4 Å². The van der Waals surface area contributed by atoms with Crippen LogP contribution in [-0.4, -0.2) is 19.8 Å². The molecule has 5 nitrogen and oxygen atoms in total. The van der Waals surface area contributed by atoms with Crippen molar-refractivity contribution in [1.82, 2.24) is 19.8 Å². The molecule has 2 aromatic carbocycles. The Morgan fingerprint density at radius 1 is 1.16 bits per heavy atom. The zero-order valence-corrected chi connectivity index (χ0v) is 16.3. The van der Waals surface area contributed by atoms with Crippen LogP contribution < -0.4 is 4.74 Å². The molecule has 0 amide bonds. The van der Waals surface area contributed by atoms with Gasteiger partial charge in [0, 0.05) is 15.1 Å². The first-order valence-electron chi connectivity index (χ1n) is 7.46. The maximum atomic E-state index is 5.97. The van der Waals surface area contributed by atoms with Crippen molar-refractivity contribution in [3.8, 4) is 17.1 Å². The number of rotatable bonds is 4. The van der Waals surface area contributed by atoms with Gasteiger partial charge in [-0.2, -0.15) is 9.61 Å². The normalized spacial score (nSPS) is 11.2. The molecule has 126 valence electrons. The van der Waals surface area contributed by atoms with Crippen LogP contribution in [0.2, 0.25) is 5.02 Å². The molecule has 0 spiro atoms. The lowest BCUT2D eigenvalue weighted by atomic mass is 10.2. The van der Waals surface area contributed by atoms with Crippen LogP contribution in [0, 0.1) is 6.92 Å². The molecule has 4 aromatic rings. The number of halogens is 2.